The van der Waals surface area contributed by atoms with Gasteiger partial charge in [0.05, 0.1) is 17.0 Å². The van der Waals surface area contributed by atoms with E-state index in [1.54, 1.807) is 24.5 Å². The van der Waals surface area contributed by atoms with Gasteiger partial charge in [0.25, 0.3) is 0 Å². The molecule has 0 saturated heterocycles. The Kier molecular flexibility index (Phi) is 2.81. The number of rotatable bonds is 3. The van der Waals surface area contributed by atoms with Crippen molar-refractivity contribution < 1.29 is 9.90 Å². The van der Waals surface area contributed by atoms with Crippen LogP contribution in [0.15, 0.2) is 30.6 Å². The second-order valence-corrected chi connectivity index (χ2v) is 3.57. The van der Waals surface area contributed by atoms with E-state index in [0.717, 1.165) is 11.1 Å². The Morgan fingerprint density at radius 2 is 2.19 bits per heavy atom. The first-order valence-electron chi connectivity index (χ1n) is 5.16. The minimum absolute atomic E-state index is 0.514. The lowest BCUT2D eigenvalue weighted by Gasteiger charge is -2.11. The summed E-state index contributed by atoms with van der Waals surface area (Å²) in [5, 5.41) is 9.14. The molecule has 1 N–H and O–H groups in total. The maximum absolute atomic E-state index is 11.1. The van der Waals surface area contributed by atoms with Crippen LogP contribution in [-0.2, 0) is 4.79 Å². The standard InChI is InChI=1S/C12H12N2O2/c1-2-8(12(15)16)9-5-7-13-10-4-3-6-14-11(9)10/h3-8H,2H2,1H3,(H,15,16). The van der Waals surface area contributed by atoms with E-state index in [-0.39, 0.29) is 0 Å². The number of carbonyl (C=O) groups is 1. The van der Waals surface area contributed by atoms with Crippen molar-refractivity contribution in [1.82, 2.24) is 9.97 Å². The molecule has 4 nitrogen and oxygen atoms in total. The number of hydrogen-bond acceptors (Lipinski definition) is 3. The molecule has 82 valence electrons. The molecule has 2 aromatic heterocycles. The fourth-order valence-electron chi connectivity index (χ4n) is 1.81. The molecule has 0 bridgehead atoms. The molecule has 0 amide bonds. The second kappa shape index (κ2) is 4.26. The summed E-state index contributed by atoms with van der Waals surface area (Å²) in [6.07, 6.45) is 3.83. The van der Waals surface area contributed by atoms with Crippen LogP contribution in [0.1, 0.15) is 24.8 Å². The predicted molar refractivity (Wildman–Crippen MR) is 60.2 cm³/mol. The molecule has 4 heteroatoms. The zero-order valence-corrected chi connectivity index (χ0v) is 8.92. The molecule has 0 fully saturated rings. The van der Waals surface area contributed by atoms with Crippen molar-refractivity contribution in [2.45, 2.75) is 19.3 Å². The summed E-state index contributed by atoms with van der Waals surface area (Å²) >= 11 is 0. The molecule has 0 aromatic carbocycles. The van der Waals surface area contributed by atoms with E-state index in [2.05, 4.69) is 9.97 Å². The van der Waals surface area contributed by atoms with Gasteiger partial charge in [-0.15, -0.1) is 0 Å². The van der Waals surface area contributed by atoms with Gasteiger partial charge in [0.1, 0.15) is 0 Å². The van der Waals surface area contributed by atoms with Crippen molar-refractivity contribution in [2.75, 3.05) is 0 Å². The Morgan fingerprint density at radius 3 is 2.88 bits per heavy atom. The highest BCUT2D eigenvalue weighted by Gasteiger charge is 2.20. The summed E-state index contributed by atoms with van der Waals surface area (Å²) in [7, 11) is 0. The van der Waals surface area contributed by atoms with Crippen molar-refractivity contribution >= 4 is 17.0 Å². The normalized spacial score (nSPS) is 12.6. The Hall–Kier alpha value is -1.97. The zero-order chi connectivity index (χ0) is 11.5. The molecule has 0 saturated carbocycles. The minimum Gasteiger partial charge on any atom is -0.481 e. The van der Waals surface area contributed by atoms with Gasteiger partial charge < -0.3 is 5.11 Å². The van der Waals surface area contributed by atoms with Crippen LogP contribution in [0.2, 0.25) is 0 Å². The zero-order valence-electron chi connectivity index (χ0n) is 8.92. The average Bonchev–Trinajstić information content (AvgIpc) is 2.30. The van der Waals surface area contributed by atoms with Crippen LogP contribution in [0.3, 0.4) is 0 Å². The SMILES string of the molecule is CCC(C(=O)O)c1ccnc2cccnc12. The fourth-order valence-corrected chi connectivity index (χ4v) is 1.81. The van der Waals surface area contributed by atoms with Crippen LogP contribution in [0.5, 0.6) is 0 Å². The summed E-state index contributed by atoms with van der Waals surface area (Å²) in [4.78, 5) is 19.5. The molecule has 0 aliphatic carbocycles. The van der Waals surface area contributed by atoms with Crippen LogP contribution < -0.4 is 0 Å². The van der Waals surface area contributed by atoms with Crippen LogP contribution in [0.25, 0.3) is 11.0 Å². The molecule has 1 atom stereocenters. The van der Waals surface area contributed by atoms with Crippen molar-refractivity contribution in [3.8, 4) is 0 Å². The number of fused-ring (bicyclic) bond motifs is 1. The Balaban J connectivity index is 2.63. The quantitative estimate of drug-likeness (QED) is 0.854. The Labute approximate surface area is 93.0 Å². The molecule has 1 unspecified atom stereocenters. The first-order chi connectivity index (χ1) is 7.74. The van der Waals surface area contributed by atoms with Crippen molar-refractivity contribution in [1.29, 1.82) is 0 Å². The summed E-state index contributed by atoms with van der Waals surface area (Å²) < 4.78 is 0. The number of pyridine rings is 2. The summed E-state index contributed by atoms with van der Waals surface area (Å²) in [5.41, 5.74) is 2.15. The smallest absolute Gasteiger partial charge is 0.311 e. The average molecular weight is 216 g/mol. The van der Waals surface area contributed by atoms with Gasteiger partial charge in [-0.25, -0.2) is 0 Å². The number of nitrogens with zero attached hydrogens (tertiary/aromatic N) is 2. The molecule has 0 spiro atoms. The topological polar surface area (TPSA) is 63.1 Å². The second-order valence-electron chi connectivity index (χ2n) is 3.57. The van der Waals surface area contributed by atoms with E-state index in [4.69, 9.17) is 5.11 Å². The van der Waals surface area contributed by atoms with Crippen molar-refractivity contribution in [3.63, 3.8) is 0 Å². The van der Waals surface area contributed by atoms with Gasteiger partial charge in [0.15, 0.2) is 0 Å². The molecule has 2 aromatic rings. The number of aliphatic carboxylic acids is 1. The highest BCUT2D eigenvalue weighted by molar-refractivity contribution is 5.85. The molecular formula is C12H12N2O2. The maximum atomic E-state index is 11.1. The lowest BCUT2D eigenvalue weighted by Crippen LogP contribution is -2.11. The van der Waals surface area contributed by atoms with E-state index in [1.165, 1.54) is 0 Å². The third kappa shape index (κ3) is 1.74. The fraction of sp³-hybridized carbons (Fsp3) is 0.250. The minimum atomic E-state index is -0.819. The van der Waals surface area contributed by atoms with E-state index in [1.807, 2.05) is 13.0 Å². The molecular weight excluding hydrogens is 204 g/mol. The molecule has 2 heterocycles. The number of carboxylic acid groups (broad SMARTS) is 1. The highest BCUT2D eigenvalue weighted by Crippen LogP contribution is 2.25. The van der Waals surface area contributed by atoms with Gasteiger partial charge in [0.2, 0.25) is 0 Å². The summed E-state index contributed by atoms with van der Waals surface area (Å²) in [6.45, 7) is 1.86. The molecule has 16 heavy (non-hydrogen) atoms. The van der Waals surface area contributed by atoms with Crippen LogP contribution >= 0.6 is 0 Å². The number of hydrogen-bond donors (Lipinski definition) is 1. The van der Waals surface area contributed by atoms with E-state index in [9.17, 15) is 4.79 Å². The Morgan fingerprint density at radius 1 is 1.38 bits per heavy atom. The lowest BCUT2D eigenvalue weighted by molar-refractivity contribution is -0.138. The lowest BCUT2D eigenvalue weighted by atomic mass is 9.96. The number of carboxylic acids is 1. The van der Waals surface area contributed by atoms with Gasteiger partial charge in [-0.05, 0) is 30.2 Å². The van der Waals surface area contributed by atoms with Crippen molar-refractivity contribution in [2.24, 2.45) is 0 Å². The molecule has 0 aliphatic rings. The van der Waals surface area contributed by atoms with Crippen LogP contribution in [-0.4, -0.2) is 21.0 Å². The highest BCUT2D eigenvalue weighted by atomic mass is 16.4. The van der Waals surface area contributed by atoms with Crippen molar-refractivity contribution in [3.05, 3.63) is 36.2 Å². The van der Waals surface area contributed by atoms with E-state index < -0.39 is 11.9 Å². The van der Waals surface area contributed by atoms with Crippen LogP contribution in [0, 0.1) is 0 Å². The number of aromatic nitrogens is 2. The molecule has 0 aliphatic heterocycles. The van der Waals surface area contributed by atoms with E-state index in [0.29, 0.717) is 11.9 Å². The van der Waals surface area contributed by atoms with Gasteiger partial charge in [-0.3, -0.25) is 14.8 Å². The maximum Gasteiger partial charge on any atom is 0.311 e. The van der Waals surface area contributed by atoms with Gasteiger partial charge in [-0.1, -0.05) is 6.92 Å². The summed E-state index contributed by atoms with van der Waals surface area (Å²) in [5.74, 6) is -1.33. The molecule has 0 radical (unpaired) electrons. The first kappa shape index (κ1) is 10.5. The third-order valence-corrected chi connectivity index (χ3v) is 2.61. The van der Waals surface area contributed by atoms with Crippen LogP contribution in [0.4, 0.5) is 0 Å². The van der Waals surface area contributed by atoms with Gasteiger partial charge in [-0.2, -0.15) is 0 Å². The summed E-state index contributed by atoms with van der Waals surface area (Å²) in [6, 6.07) is 5.36. The van der Waals surface area contributed by atoms with Gasteiger partial charge in [0, 0.05) is 12.4 Å². The molecule has 2 rings (SSSR count). The Bertz CT molecular complexity index is 520. The van der Waals surface area contributed by atoms with Gasteiger partial charge >= 0.3 is 5.97 Å². The largest absolute Gasteiger partial charge is 0.481 e. The predicted octanol–water partition coefficient (Wildman–Crippen LogP) is 2.21. The first-order valence-corrected chi connectivity index (χ1v) is 5.16. The third-order valence-electron chi connectivity index (χ3n) is 2.61. The monoisotopic (exact) mass is 216 g/mol. The van der Waals surface area contributed by atoms with E-state index >= 15 is 0 Å².